The Labute approximate surface area is 307 Å². The average molecular weight is 679 g/mol. The lowest BCUT2D eigenvalue weighted by Crippen LogP contribution is -2.17. The maximum absolute atomic E-state index is 5.34. The molecule has 53 heavy (non-hydrogen) atoms. The van der Waals surface area contributed by atoms with Crippen molar-refractivity contribution >= 4 is 43.6 Å². The summed E-state index contributed by atoms with van der Waals surface area (Å²) in [4.78, 5) is 10.6. The molecule has 11 rings (SSSR count). The molecule has 0 aliphatic heterocycles. The highest BCUT2D eigenvalue weighted by atomic mass is 15.0. The number of aromatic nitrogens is 4. The topological polar surface area (TPSA) is 35.6 Å². The van der Waals surface area contributed by atoms with Crippen molar-refractivity contribution in [2.75, 3.05) is 0 Å². The highest BCUT2D eigenvalue weighted by Gasteiger charge is 2.40. The Morgan fingerprint density at radius 1 is 0.415 bits per heavy atom. The lowest BCUT2D eigenvalue weighted by Gasteiger charge is -2.24. The number of para-hydroxylation sites is 3. The minimum absolute atomic E-state index is 0.252. The molecule has 4 nitrogen and oxygen atoms in total. The molecule has 0 radical (unpaired) electrons. The van der Waals surface area contributed by atoms with Gasteiger partial charge in [-0.1, -0.05) is 147 Å². The third-order valence-corrected chi connectivity index (χ3v) is 11.3. The smallest absolute Gasteiger partial charge is 0.160 e. The van der Waals surface area contributed by atoms with E-state index in [1.54, 1.807) is 0 Å². The molecule has 0 N–H and O–H groups in total. The molecular weight excluding hydrogens is 645 g/mol. The minimum Gasteiger partial charge on any atom is -0.307 e. The van der Waals surface area contributed by atoms with E-state index in [2.05, 4.69) is 187 Å². The van der Waals surface area contributed by atoms with E-state index in [0.717, 1.165) is 39.7 Å². The second kappa shape index (κ2) is 11.1. The Bertz CT molecular complexity index is 3060. The minimum atomic E-state index is -0.252. The monoisotopic (exact) mass is 678 g/mol. The molecule has 0 spiro atoms. The predicted octanol–water partition coefficient (Wildman–Crippen LogP) is 12.3. The van der Waals surface area contributed by atoms with Crippen LogP contribution in [0.5, 0.6) is 0 Å². The number of nitrogens with zero attached hydrogens (tertiary/aromatic N) is 4. The molecule has 0 fully saturated rings. The summed E-state index contributed by atoms with van der Waals surface area (Å²) in [7, 11) is 0. The van der Waals surface area contributed by atoms with Gasteiger partial charge >= 0.3 is 0 Å². The lowest BCUT2D eigenvalue weighted by molar-refractivity contribution is 0.658. The highest BCUT2D eigenvalue weighted by molar-refractivity contribution is 6.23. The molecule has 4 heteroatoms. The zero-order chi connectivity index (χ0) is 35.3. The zero-order valence-electron chi connectivity index (χ0n) is 29.5. The molecule has 3 aromatic heterocycles. The van der Waals surface area contributed by atoms with Crippen molar-refractivity contribution in [3.05, 3.63) is 181 Å². The van der Waals surface area contributed by atoms with E-state index in [1.165, 1.54) is 60.3 Å². The molecule has 250 valence electrons. The van der Waals surface area contributed by atoms with Crippen LogP contribution in [0.2, 0.25) is 0 Å². The molecule has 1 aliphatic carbocycles. The van der Waals surface area contributed by atoms with Gasteiger partial charge in [0.1, 0.15) is 0 Å². The Hall–Kier alpha value is -6.78. The van der Waals surface area contributed by atoms with Gasteiger partial charge in [0.15, 0.2) is 5.82 Å². The molecule has 0 amide bonds. The van der Waals surface area contributed by atoms with Crippen molar-refractivity contribution in [2.45, 2.75) is 19.3 Å². The summed E-state index contributed by atoms with van der Waals surface area (Å²) in [5.74, 6) is 0.745. The highest BCUT2D eigenvalue weighted by Crippen LogP contribution is 2.51. The zero-order valence-corrected chi connectivity index (χ0v) is 29.5. The van der Waals surface area contributed by atoms with Gasteiger partial charge in [0.2, 0.25) is 0 Å². The van der Waals surface area contributed by atoms with Gasteiger partial charge in [-0.05, 0) is 42.0 Å². The van der Waals surface area contributed by atoms with Crippen molar-refractivity contribution in [1.82, 2.24) is 19.1 Å². The third-order valence-electron chi connectivity index (χ3n) is 11.3. The van der Waals surface area contributed by atoms with Crippen LogP contribution in [0.4, 0.5) is 0 Å². The fourth-order valence-electron chi connectivity index (χ4n) is 8.92. The van der Waals surface area contributed by atoms with E-state index < -0.39 is 0 Å². The van der Waals surface area contributed by atoms with Crippen molar-refractivity contribution in [3.8, 4) is 45.3 Å². The van der Waals surface area contributed by atoms with Crippen molar-refractivity contribution < 1.29 is 0 Å². The molecule has 1 aliphatic rings. The second-order valence-corrected chi connectivity index (χ2v) is 14.6. The number of hydrogen-bond donors (Lipinski definition) is 0. The van der Waals surface area contributed by atoms with E-state index in [-0.39, 0.29) is 5.41 Å². The first-order valence-corrected chi connectivity index (χ1v) is 18.3. The van der Waals surface area contributed by atoms with Gasteiger partial charge in [0.25, 0.3) is 0 Å². The summed E-state index contributed by atoms with van der Waals surface area (Å²) in [6.07, 6.45) is 0. The standard InChI is InChI=1S/C49H34N4/c1-49(2)40-22-12-9-21-39(40)45-43(49)44(50-48(51-45)32-15-5-3-6-16-32)31-25-27-34(28-26-31)53-42-24-14-11-20-36(42)38-30-29-37-35-19-10-13-23-41(35)52(46(37)47(38)53)33-17-7-4-8-18-33/h3-30H,1-2H3. The number of benzene rings is 7. The Morgan fingerprint density at radius 2 is 0.925 bits per heavy atom. The van der Waals surface area contributed by atoms with Crippen molar-refractivity contribution in [1.29, 1.82) is 0 Å². The molecule has 7 aromatic carbocycles. The SMILES string of the molecule is CC1(C)c2ccccc2-c2nc(-c3ccccc3)nc(-c3ccc(-n4c5ccccc5c5ccc6c7ccccc7n(-c7ccccc7)c6c54)cc3)c21. The quantitative estimate of drug-likeness (QED) is 0.186. The van der Waals surface area contributed by atoms with E-state index in [9.17, 15) is 0 Å². The van der Waals surface area contributed by atoms with Crippen LogP contribution in [0.15, 0.2) is 170 Å². The van der Waals surface area contributed by atoms with E-state index >= 15 is 0 Å². The fraction of sp³-hybridized carbons (Fsp3) is 0.0612. The van der Waals surface area contributed by atoms with Gasteiger partial charge in [-0.3, -0.25) is 0 Å². The summed E-state index contributed by atoms with van der Waals surface area (Å²) in [6, 6.07) is 60.9. The van der Waals surface area contributed by atoms with E-state index in [4.69, 9.17) is 9.97 Å². The first kappa shape index (κ1) is 29.9. The Kier molecular flexibility index (Phi) is 6.27. The largest absolute Gasteiger partial charge is 0.307 e. The fourth-order valence-corrected chi connectivity index (χ4v) is 8.92. The van der Waals surface area contributed by atoms with Crippen LogP contribution in [0.25, 0.3) is 88.9 Å². The maximum atomic E-state index is 5.34. The molecule has 0 saturated carbocycles. The van der Waals surface area contributed by atoms with Crippen LogP contribution in [0.3, 0.4) is 0 Å². The molecule has 0 unspecified atom stereocenters. The average Bonchev–Trinajstić information content (AvgIpc) is 3.82. The van der Waals surface area contributed by atoms with Gasteiger partial charge in [-0.25, -0.2) is 9.97 Å². The van der Waals surface area contributed by atoms with Crippen LogP contribution in [0.1, 0.15) is 25.0 Å². The predicted molar refractivity (Wildman–Crippen MR) is 219 cm³/mol. The number of hydrogen-bond acceptors (Lipinski definition) is 2. The lowest BCUT2D eigenvalue weighted by atomic mass is 9.81. The van der Waals surface area contributed by atoms with Gasteiger partial charge < -0.3 is 9.13 Å². The van der Waals surface area contributed by atoms with Gasteiger partial charge in [-0.2, -0.15) is 0 Å². The van der Waals surface area contributed by atoms with E-state index in [1.807, 2.05) is 6.07 Å². The van der Waals surface area contributed by atoms with Crippen LogP contribution in [-0.2, 0) is 5.41 Å². The van der Waals surface area contributed by atoms with Crippen LogP contribution < -0.4 is 0 Å². The molecule has 0 atom stereocenters. The number of rotatable bonds is 4. The van der Waals surface area contributed by atoms with Crippen LogP contribution in [0, 0.1) is 0 Å². The molecular formula is C49H34N4. The summed E-state index contributed by atoms with van der Waals surface area (Å²) in [5, 5.41) is 4.96. The second-order valence-electron chi connectivity index (χ2n) is 14.6. The number of fused-ring (bicyclic) bond motifs is 10. The summed E-state index contributed by atoms with van der Waals surface area (Å²) in [6.45, 7) is 4.60. The summed E-state index contributed by atoms with van der Waals surface area (Å²) >= 11 is 0. The Balaban J connectivity index is 1.18. The normalized spacial score (nSPS) is 13.2. The first-order valence-electron chi connectivity index (χ1n) is 18.3. The van der Waals surface area contributed by atoms with Crippen LogP contribution in [-0.4, -0.2) is 19.1 Å². The first-order chi connectivity index (χ1) is 26.1. The Morgan fingerprint density at radius 3 is 1.57 bits per heavy atom. The van der Waals surface area contributed by atoms with Gasteiger partial charge in [0.05, 0.1) is 33.5 Å². The van der Waals surface area contributed by atoms with Gasteiger partial charge in [-0.15, -0.1) is 0 Å². The molecule has 10 aromatic rings. The molecule has 3 heterocycles. The van der Waals surface area contributed by atoms with Crippen LogP contribution >= 0.6 is 0 Å². The van der Waals surface area contributed by atoms with E-state index in [0.29, 0.717) is 0 Å². The molecule has 0 bridgehead atoms. The van der Waals surface area contributed by atoms with Crippen molar-refractivity contribution in [2.24, 2.45) is 0 Å². The van der Waals surface area contributed by atoms with Gasteiger partial charge in [0, 0.05) is 60.6 Å². The molecule has 0 saturated heterocycles. The summed E-state index contributed by atoms with van der Waals surface area (Å²) < 4.78 is 4.89. The van der Waals surface area contributed by atoms with Crippen molar-refractivity contribution in [3.63, 3.8) is 0 Å². The third kappa shape index (κ3) is 4.24. The summed E-state index contributed by atoms with van der Waals surface area (Å²) in [5.41, 5.74) is 14.5. The maximum Gasteiger partial charge on any atom is 0.160 e.